The average molecular weight is 255 g/mol. The van der Waals surface area contributed by atoms with Crippen LogP contribution >= 0.6 is 0 Å². The van der Waals surface area contributed by atoms with Crippen molar-refractivity contribution >= 4 is 0 Å². The third-order valence-electron chi connectivity index (χ3n) is 2.20. The van der Waals surface area contributed by atoms with Crippen LogP contribution in [0.4, 0.5) is 0 Å². The molecule has 0 radical (unpaired) electrons. The molecule has 1 aromatic rings. The standard InChI is InChI=1S/C11H16.3C2H6.CH4/c1-4-10-6-7-11(5-2)9(3)8-10;3*1-2;/h6-8H,4-5H2,1-3H3;3*1-2H3;1H4. The van der Waals surface area contributed by atoms with Gasteiger partial charge in [0.05, 0.1) is 0 Å². The van der Waals surface area contributed by atoms with E-state index in [2.05, 4.69) is 39.0 Å². The summed E-state index contributed by atoms with van der Waals surface area (Å²) in [7, 11) is 0. The van der Waals surface area contributed by atoms with E-state index in [1.807, 2.05) is 41.5 Å². The Bertz CT molecular complexity index is 236. The molecule has 1 aromatic carbocycles. The molecule has 110 valence electrons. The van der Waals surface area contributed by atoms with Gasteiger partial charge in [0.25, 0.3) is 0 Å². The Morgan fingerprint density at radius 1 is 0.778 bits per heavy atom. The van der Waals surface area contributed by atoms with Gasteiger partial charge < -0.3 is 0 Å². The minimum absolute atomic E-state index is 0. The fourth-order valence-electron chi connectivity index (χ4n) is 1.37. The Kier molecular flexibility index (Phi) is 31.0. The molecule has 0 aliphatic heterocycles. The molecule has 0 saturated heterocycles. The molecule has 0 amide bonds. The highest BCUT2D eigenvalue weighted by atomic mass is 14.0. The lowest BCUT2D eigenvalue weighted by Gasteiger charge is -2.04. The second-order valence-corrected chi connectivity index (χ2v) is 2.97. The maximum Gasteiger partial charge on any atom is -0.0305 e. The Labute approximate surface area is 118 Å². The van der Waals surface area contributed by atoms with Crippen LogP contribution in [0.5, 0.6) is 0 Å². The zero-order valence-corrected chi connectivity index (χ0v) is 13.6. The molecule has 0 aliphatic rings. The summed E-state index contributed by atoms with van der Waals surface area (Å²) in [4.78, 5) is 0. The third kappa shape index (κ3) is 11.7. The van der Waals surface area contributed by atoms with Crippen molar-refractivity contribution in [1.29, 1.82) is 0 Å². The van der Waals surface area contributed by atoms with Crippen molar-refractivity contribution in [3.8, 4) is 0 Å². The number of aryl methyl sites for hydroxylation is 3. The van der Waals surface area contributed by atoms with Crippen LogP contribution in [0.15, 0.2) is 18.2 Å². The Morgan fingerprint density at radius 2 is 1.22 bits per heavy atom. The maximum atomic E-state index is 2.29. The van der Waals surface area contributed by atoms with E-state index in [0.717, 1.165) is 12.8 Å². The van der Waals surface area contributed by atoms with Crippen LogP contribution in [0.2, 0.25) is 0 Å². The monoisotopic (exact) mass is 254 g/mol. The summed E-state index contributed by atoms with van der Waals surface area (Å²) in [5.41, 5.74) is 4.36. The second-order valence-electron chi connectivity index (χ2n) is 2.97. The van der Waals surface area contributed by atoms with Crippen LogP contribution in [0.1, 0.15) is 79.5 Å². The van der Waals surface area contributed by atoms with Gasteiger partial charge in [0.15, 0.2) is 0 Å². The van der Waals surface area contributed by atoms with Gasteiger partial charge in [-0.3, -0.25) is 0 Å². The number of hydrogen-bond acceptors (Lipinski definition) is 0. The summed E-state index contributed by atoms with van der Waals surface area (Å²) < 4.78 is 0. The topological polar surface area (TPSA) is 0 Å². The van der Waals surface area contributed by atoms with Crippen molar-refractivity contribution in [2.75, 3.05) is 0 Å². The van der Waals surface area contributed by atoms with Gasteiger partial charge in [0.1, 0.15) is 0 Å². The summed E-state index contributed by atoms with van der Waals surface area (Å²) in [6.07, 6.45) is 2.29. The SMILES string of the molecule is C.CC.CC.CC.CCc1ccc(CC)c(C)c1. The summed E-state index contributed by atoms with van der Waals surface area (Å²) in [5.74, 6) is 0. The first-order valence-corrected chi connectivity index (χ1v) is 7.36. The number of benzene rings is 1. The molecule has 0 bridgehead atoms. The molecule has 18 heavy (non-hydrogen) atoms. The van der Waals surface area contributed by atoms with Crippen LogP contribution in [0, 0.1) is 6.92 Å². The fourth-order valence-corrected chi connectivity index (χ4v) is 1.37. The van der Waals surface area contributed by atoms with E-state index in [1.165, 1.54) is 16.7 Å². The first-order chi connectivity index (χ1) is 8.27. The summed E-state index contributed by atoms with van der Waals surface area (Å²) in [6, 6.07) is 6.76. The second kappa shape index (κ2) is 21.5. The van der Waals surface area contributed by atoms with Gasteiger partial charge in [0, 0.05) is 0 Å². The molecule has 0 aliphatic carbocycles. The lowest BCUT2D eigenvalue weighted by Crippen LogP contribution is -1.88. The van der Waals surface area contributed by atoms with E-state index in [1.54, 1.807) is 0 Å². The summed E-state index contributed by atoms with van der Waals surface area (Å²) >= 11 is 0. The van der Waals surface area contributed by atoms with E-state index in [4.69, 9.17) is 0 Å². The molecule has 1 rings (SSSR count). The van der Waals surface area contributed by atoms with Crippen molar-refractivity contribution in [1.82, 2.24) is 0 Å². The third-order valence-corrected chi connectivity index (χ3v) is 2.20. The first-order valence-electron chi connectivity index (χ1n) is 7.36. The average Bonchev–Trinajstić information content (AvgIpc) is 2.45. The fraction of sp³-hybridized carbons (Fsp3) is 0.667. The van der Waals surface area contributed by atoms with Crippen molar-refractivity contribution in [3.05, 3.63) is 34.9 Å². The van der Waals surface area contributed by atoms with Crippen LogP contribution in [0.25, 0.3) is 0 Å². The van der Waals surface area contributed by atoms with E-state index < -0.39 is 0 Å². The maximum absolute atomic E-state index is 2.29. The van der Waals surface area contributed by atoms with Gasteiger partial charge in [-0.25, -0.2) is 0 Å². The molecular weight excluding hydrogens is 216 g/mol. The largest absolute Gasteiger partial charge is 0.0776 e. The Hall–Kier alpha value is -0.780. The predicted octanol–water partition coefficient (Wildman–Crippen LogP) is 6.83. The minimum Gasteiger partial charge on any atom is -0.0776 e. The molecule has 0 N–H and O–H groups in total. The smallest absolute Gasteiger partial charge is 0.0305 e. The van der Waals surface area contributed by atoms with E-state index >= 15 is 0 Å². The van der Waals surface area contributed by atoms with Crippen molar-refractivity contribution in [2.24, 2.45) is 0 Å². The molecule has 0 nitrogen and oxygen atoms in total. The first kappa shape index (κ1) is 25.9. The summed E-state index contributed by atoms with van der Waals surface area (Å²) in [5, 5.41) is 0. The quantitative estimate of drug-likeness (QED) is 0.542. The van der Waals surface area contributed by atoms with Gasteiger partial charge in [0.2, 0.25) is 0 Å². The van der Waals surface area contributed by atoms with Crippen molar-refractivity contribution in [2.45, 2.75) is 82.6 Å². The van der Waals surface area contributed by atoms with Crippen LogP contribution in [-0.2, 0) is 12.8 Å². The van der Waals surface area contributed by atoms with Crippen molar-refractivity contribution in [3.63, 3.8) is 0 Å². The van der Waals surface area contributed by atoms with E-state index in [0.29, 0.717) is 0 Å². The van der Waals surface area contributed by atoms with E-state index in [9.17, 15) is 0 Å². The van der Waals surface area contributed by atoms with Gasteiger partial charge in [-0.1, -0.05) is 81.0 Å². The summed E-state index contributed by atoms with van der Waals surface area (Å²) in [6.45, 7) is 18.6. The molecule has 0 atom stereocenters. The predicted molar refractivity (Wildman–Crippen MR) is 90.7 cm³/mol. The number of hydrogen-bond donors (Lipinski definition) is 0. The van der Waals surface area contributed by atoms with Gasteiger partial charge in [-0.05, 0) is 36.5 Å². The lowest BCUT2D eigenvalue weighted by molar-refractivity contribution is 1.07. The normalized spacial score (nSPS) is 7.17. The highest BCUT2D eigenvalue weighted by Crippen LogP contribution is 2.11. The zero-order valence-electron chi connectivity index (χ0n) is 13.6. The Morgan fingerprint density at radius 3 is 1.50 bits per heavy atom. The molecule has 0 aromatic heterocycles. The Balaban J connectivity index is -0.000000123. The van der Waals surface area contributed by atoms with Crippen LogP contribution in [-0.4, -0.2) is 0 Å². The molecule has 0 fully saturated rings. The number of rotatable bonds is 2. The highest BCUT2D eigenvalue weighted by Gasteiger charge is 1.95. The molecule has 0 spiro atoms. The molecule has 0 heteroatoms. The lowest BCUT2D eigenvalue weighted by atomic mass is 10.0. The van der Waals surface area contributed by atoms with Gasteiger partial charge in [-0.2, -0.15) is 0 Å². The molecule has 0 saturated carbocycles. The van der Waals surface area contributed by atoms with Crippen molar-refractivity contribution < 1.29 is 0 Å². The molecular formula is C18H38. The minimum atomic E-state index is 0. The van der Waals surface area contributed by atoms with Gasteiger partial charge >= 0.3 is 0 Å². The van der Waals surface area contributed by atoms with Gasteiger partial charge in [-0.15, -0.1) is 0 Å². The molecule has 0 heterocycles. The van der Waals surface area contributed by atoms with E-state index in [-0.39, 0.29) is 7.43 Å². The highest BCUT2D eigenvalue weighted by molar-refractivity contribution is 5.30. The van der Waals surface area contributed by atoms with Crippen LogP contribution in [0.3, 0.4) is 0 Å². The van der Waals surface area contributed by atoms with Crippen LogP contribution < -0.4 is 0 Å². The zero-order chi connectivity index (χ0) is 14.3. The molecule has 0 unspecified atom stereocenters.